The fourth-order valence-electron chi connectivity index (χ4n) is 5.85. The largest absolute Gasteiger partial charge is 0.491 e. The van der Waals surface area contributed by atoms with Crippen molar-refractivity contribution in [2.45, 2.75) is 25.7 Å². The molecule has 280 valence electrons. The summed E-state index contributed by atoms with van der Waals surface area (Å²) in [6.45, 7) is 3.72. The average Bonchev–Trinajstić information content (AvgIpc) is 3.69. The fraction of sp³-hybridized carbons (Fsp3) is 0.200. The van der Waals surface area contributed by atoms with Crippen molar-refractivity contribution in [2.75, 3.05) is 14.1 Å². The van der Waals surface area contributed by atoms with Crippen LogP contribution in [0.3, 0.4) is 0 Å². The van der Waals surface area contributed by atoms with Gasteiger partial charge in [0.05, 0.1) is 23.2 Å². The molecule has 10 nitrogen and oxygen atoms in total. The van der Waals surface area contributed by atoms with Crippen molar-refractivity contribution < 1.29 is 19.6 Å². The molecule has 6 rings (SSSR count). The molecule has 0 aliphatic rings. The monoisotopic (exact) mass is 786 g/mol. The summed E-state index contributed by atoms with van der Waals surface area (Å²) in [7, 11) is 5.51. The van der Waals surface area contributed by atoms with Crippen molar-refractivity contribution in [3.8, 4) is 11.1 Å². The van der Waals surface area contributed by atoms with Crippen LogP contribution >= 0.6 is 34.8 Å². The molecule has 0 aliphatic heterocycles. The van der Waals surface area contributed by atoms with Gasteiger partial charge in [-0.15, -0.1) is 0 Å². The van der Waals surface area contributed by atoms with Crippen LogP contribution in [0, 0.1) is 13.8 Å². The summed E-state index contributed by atoms with van der Waals surface area (Å²) >= 11 is 17.7. The van der Waals surface area contributed by atoms with Gasteiger partial charge in [-0.05, 0) is 78.1 Å². The van der Waals surface area contributed by atoms with Crippen molar-refractivity contribution in [3.05, 3.63) is 158 Å². The summed E-state index contributed by atoms with van der Waals surface area (Å²) in [6, 6.07) is 30.0. The summed E-state index contributed by atoms with van der Waals surface area (Å²) in [5.74, 6) is -0.844. The van der Waals surface area contributed by atoms with Gasteiger partial charge >= 0.3 is 7.12 Å². The lowest BCUT2D eigenvalue weighted by atomic mass is 9.81. The quantitative estimate of drug-likeness (QED) is 0.136. The number of hydrogen-bond donors (Lipinski definition) is 4. The first-order valence-corrected chi connectivity index (χ1v) is 18.0. The van der Waals surface area contributed by atoms with E-state index in [0.29, 0.717) is 26.2 Å². The Balaban J connectivity index is 0.000000197. The third kappa shape index (κ3) is 11.1. The first-order chi connectivity index (χ1) is 25.7. The molecule has 0 bridgehead atoms. The van der Waals surface area contributed by atoms with Gasteiger partial charge in [0.1, 0.15) is 0 Å². The van der Waals surface area contributed by atoms with E-state index in [4.69, 9.17) is 44.9 Å². The number of hydrogen-bond acceptors (Lipinski definition) is 6. The molecule has 1 atom stereocenters. The number of carbonyl (C=O) groups is 2. The highest BCUT2D eigenvalue weighted by molar-refractivity contribution is 6.59. The molecule has 0 aliphatic carbocycles. The average molecular weight is 788 g/mol. The van der Waals surface area contributed by atoms with Crippen molar-refractivity contribution in [1.82, 2.24) is 30.2 Å². The van der Waals surface area contributed by atoms with E-state index in [-0.39, 0.29) is 23.7 Å². The molecular formula is C40H42BCl3N6O4. The Hall–Kier alpha value is -4.91. The van der Waals surface area contributed by atoms with Crippen LogP contribution in [0.2, 0.25) is 15.1 Å². The Bertz CT molecular complexity index is 2090. The third-order valence-corrected chi connectivity index (χ3v) is 9.28. The van der Waals surface area contributed by atoms with Crippen molar-refractivity contribution in [3.63, 3.8) is 0 Å². The fourth-order valence-corrected chi connectivity index (χ4v) is 6.23. The number of benzene rings is 4. The summed E-state index contributed by atoms with van der Waals surface area (Å²) in [4.78, 5) is 24.6. The third-order valence-electron chi connectivity index (χ3n) is 8.53. The number of nitrogens with zero attached hydrogens (tertiary/aromatic N) is 4. The van der Waals surface area contributed by atoms with E-state index in [2.05, 4.69) is 20.8 Å². The van der Waals surface area contributed by atoms with E-state index in [9.17, 15) is 9.59 Å². The van der Waals surface area contributed by atoms with Gasteiger partial charge in [0, 0.05) is 66.7 Å². The minimum atomic E-state index is -1.41. The number of aryl methyl sites for hydroxylation is 4. The smallest absolute Gasteiger partial charge is 0.423 e. The number of halogens is 3. The molecule has 0 radical (unpaired) electrons. The molecule has 0 saturated carbocycles. The van der Waals surface area contributed by atoms with Gasteiger partial charge < -0.3 is 20.7 Å². The molecule has 2 heterocycles. The van der Waals surface area contributed by atoms with Crippen LogP contribution in [0.25, 0.3) is 11.1 Å². The highest BCUT2D eigenvalue weighted by Gasteiger charge is 2.23. The molecule has 6 aromatic rings. The standard InChI is InChI=1S/C20H20ClN3O.C15H13Cl2NO.C5H9BN2O2/c1-13-18(12-24(3)23-13)14-4-6-15(7-5-14)19(20(25)22-2)16-8-10-17(21)11-9-16;1-18-15(19)14(10-2-6-12(16)7-3-10)11-4-8-13(17)9-5-11;1-4-5(6(9)10)3-8(2)7-4/h4-12,19H,1-3H3,(H,22,25);2-9,14H,1H3,(H,18,19);3,9-10H,1-2H3. The van der Waals surface area contributed by atoms with E-state index >= 15 is 0 Å². The van der Waals surface area contributed by atoms with Crippen LogP contribution in [0.1, 0.15) is 45.5 Å². The molecule has 2 aromatic heterocycles. The number of nitrogens with one attached hydrogen (secondary N) is 2. The molecule has 2 amide bonds. The summed E-state index contributed by atoms with van der Waals surface area (Å²) in [5, 5.41) is 33.1. The van der Waals surface area contributed by atoms with E-state index < -0.39 is 7.12 Å². The van der Waals surface area contributed by atoms with E-state index in [1.54, 1.807) is 80.0 Å². The summed E-state index contributed by atoms with van der Waals surface area (Å²) < 4.78 is 3.35. The van der Waals surface area contributed by atoms with Crippen molar-refractivity contribution >= 4 is 59.2 Å². The number of aromatic nitrogens is 4. The van der Waals surface area contributed by atoms with Gasteiger partial charge in [0.2, 0.25) is 11.8 Å². The zero-order chi connectivity index (χ0) is 39.5. The van der Waals surface area contributed by atoms with Crippen molar-refractivity contribution in [2.24, 2.45) is 14.1 Å². The molecule has 4 aromatic carbocycles. The zero-order valence-electron chi connectivity index (χ0n) is 30.8. The van der Waals surface area contributed by atoms with Crippen LogP contribution in [-0.4, -0.2) is 62.6 Å². The number of likely N-dealkylation sites (N-methyl/N-ethyl adjacent to an activating group) is 2. The second-order valence-electron chi connectivity index (χ2n) is 12.4. The molecule has 54 heavy (non-hydrogen) atoms. The van der Waals surface area contributed by atoms with Gasteiger partial charge in [0.25, 0.3) is 0 Å². The Labute approximate surface area is 330 Å². The second kappa shape index (κ2) is 19.4. The minimum Gasteiger partial charge on any atom is -0.423 e. The maximum Gasteiger partial charge on any atom is 0.491 e. The highest BCUT2D eigenvalue weighted by atomic mass is 35.5. The van der Waals surface area contributed by atoms with Crippen LogP contribution < -0.4 is 16.1 Å². The summed E-state index contributed by atoms with van der Waals surface area (Å²) in [5.41, 5.74) is 7.91. The summed E-state index contributed by atoms with van der Waals surface area (Å²) in [6.07, 6.45) is 3.58. The molecule has 0 fully saturated rings. The Morgan fingerprint density at radius 1 is 0.593 bits per heavy atom. The lowest BCUT2D eigenvalue weighted by Gasteiger charge is -2.17. The van der Waals surface area contributed by atoms with E-state index in [0.717, 1.165) is 39.1 Å². The van der Waals surface area contributed by atoms with E-state index in [1.165, 1.54) is 0 Å². The minimum absolute atomic E-state index is 0.0485. The Morgan fingerprint density at radius 3 is 1.19 bits per heavy atom. The topological polar surface area (TPSA) is 134 Å². The predicted molar refractivity (Wildman–Crippen MR) is 217 cm³/mol. The lowest BCUT2D eigenvalue weighted by molar-refractivity contribution is -0.122. The molecule has 0 saturated heterocycles. The van der Waals surface area contributed by atoms with Crippen molar-refractivity contribution in [1.29, 1.82) is 0 Å². The predicted octanol–water partition coefficient (Wildman–Crippen LogP) is 6.21. The Morgan fingerprint density at radius 2 is 0.926 bits per heavy atom. The molecule has 1 unspecified atom stereocenters. The number of amides is 2. The zero-order valence-corrected chi connectivity index (χ0v) is 33.0. The number of carbonyl (C=O) groups excluding carboxylic acids is 2. The molecule has 4 N–H and O–H groups in total. The van der Waals surface area contributed by atoms with Gasteiger partial charge in [-0.2, -0.15) is 10.2 Å². The van der Waals surface area contributed by atoms with Gasteiger partial charge in [-0.25, -0.2) is 0 Å². The normalized spacial score (nSPS) is 11.1. The maximum absolute atomic E-state index is 12.5. The highest BCUT2D eigenvalue weighted by Crippen LogP contribution is 2.30. The van der Waals surface area contributed by atoms with Crippen LogP contribution in [0.4, 0.5) is 0 Å². The van der Waals surface area contributed by atoms with Crippen LogP contribution in [0.5, 0.6) is 0 Å². The van der Waals surface area contributed by atoms with Gasteiger partial charge in [0.15, 0.2) is 0 Å². The van der Waals surface area contributed by atoms with Crippen LogP contribution in [-0.2, 0) is 23.7 Å². The first-order valence-electron chi connectivity index (χ1n) is 16.9. The van der Waals surface area contributed by atoms with Gasteiger partial charge in [-0.1, -0.05) is 95.5 Å². The Kier molecular flexibility index (Phi) is 15.1. The maximum atomic E-state index is 12.5. The lowest BCUT2D eigenvalue weighted by Crippen LogP contribution is -2.30. The molecular weight excluding hydrogens is 746 g/mol. The van der Waals surface area contributed by atoms with E-state index in [1.807, 2.05) is 80.8 Å². The molecule has 0 spiro atoms. The molecule has 14 heteroatoms. The van der Waals surface area contributed by atoms with Gasteiger partial charge in [-0.3, -0.25) is 19.0 Å². The van der Waals surface area contributed by atoms with Crippen LogP contribution in [0.15, 0.2) is 109 Å². The number of rotatable bonds is 8. The second-order valence-corrected chi connectivity index (χ2v) is 13.7. The first kappa shape index (κ1) is 41.8. The SMILES string of the molecule is CNC(=O)C(c1ccc(Cl)cc1)c1ccc(-c2cn(C)nc2C)cc1.CNC(=O)C(c1ccc(Cl)cc1)c1ccc(Cl)cc1.Cc1nn(C)cc1B(O)O.